The van der Waals surface area contributed by atoms with Gasteiger partial charge in [0.05, 0.1) is 18.8 Å². The van der Waals surface area contributed by atoms with Gasteiger partial charge < -0.3 is 25.0 Å². The summed E-state index contributed by atoms with van der Waals surface area (Å²) < 4.78 is 9.88. The quantitative estimate of drug-likeness (QED) is 0.469. The molecule has 1 fully saturated rings. The highest BCUT2D eigenvalue weighted by Crippen LogP contribution is 2.15. The predicted molar refractivity (Wildman–Crippen MR) is 41.6 cm³/mol. The molecule has 0 aromatic carbocycles. The number of aliphatic hydroxyl groups excluding tert-OH is 2. The van der Waals surface area contributed by atoms with Gasteiger partial charge in [0.25, 0.3) is 0 Å². The van der Waals surface area contributed by atoms with Crippen molar-refractivity contribution < 1.29 is 19.7 Å². The Balaban J connectivity index is 2.56. The van der Waals surface area contributed by atoms with Gasteiger partial charge in [0.1, 0.15) is 6.10 Å². The molecule has 4 atom stereocenters. The van der Waals surface area contributed by atoms with E-state index in [0.717, 1.165) is 0 Å². The number of aliphatic hydroxyl groups is 2. The monoisotopic (exact) mass is 177 g/mol. The molecule has 1 rings (SSSR count). The summed E-state index contributed by atoms with van der Waals surface area (Å²) in [4.78, 5) is 0. The maximum atomic E-state index is 9.53. The zero-order chi connectivity index (χ0) is 9.14. The first-order chi connectivity index (χ1) is 5.70. The van der Waals surface area contributed by atoms with Gasteiger partial charge in [-0.25, -0.2) is 0 Å². The van der Waals surface area contributed by atoms with Crippen LogP contribution in [0.1, 0.15) is 0 Å². The van der Waals surface area contributed by atoms with Crippen LogP contribution in [0.2, 0.25) is 0 Å². The third kappa shape index (κ3) is 1.75. The van der Waals surface area contributed by atoms with E-state index < -0.39 is 18.5 Å². The molecule has 0 bridgehead atoms. The molecule has 1 saturated heterocycles. The Morgan fingerprint density at radius 3 is 2.67 bits per heavy atom. The molecular formula is C7H15NO4. The third-order valence-electron chi connectivity index (χ3n) is 2.06. The molecule has 0 spiro atoms. The second-order valence-electron chi connectivity index (χ2n) is 2.81. The van der Waals surface area contributed by atoms with Crippen molar-refractivity contribution >= 4 is 0 Å². The lowest BCUT2D eigenvalue weighted by Crippen LogP contribution is -2.58. The van der Waals surface area contributed by atoms with E-state index in [1.165, 1.54) is 7.11 Å². The molecule has 3 N–H and O–H groups in total. The molecule has 72 valence electrons. The highest BCUT2D eigenvalue weighted by Gasteiger charge is 2.37. The third-order valence-corrected chi connectivity index (χ3v) is 2.06. The van der Waals surface area contributed by atoms with E-state index in [0.29, 0.717) is 0 Å². The number of nitrogens with one attached hydrogen (secondary N) is 1. The van der Waals surface area contributed by atoms with Crippen LogP contribution < -0.4 is 5.32 Å². The van der Waals surface area contributed by atoms with E-state index >= 15 is 0 Å². The van der Waals surface area contributed by atoms with Gasteiger partial charge in [-0.3, -0.25) is 0 Å². The van der Waals surface area contributed by atoms with Crippen molar-refractivity contribution in [2.24, 2.45) is 0 Å². The highest BCUT2D eigenvalue weighted by molar-refractivity contribution is 4.87. The first-order valence-electron chi connectivity index (χ1n) is 3.88. The smallest absolute Gasteiger partial charge is 0.184 e. The molecule has 1 aliphatic heterocycles. The molecule has 12 heavy (non-hydrogen) atoms. The van der Waals surface area contributed by atoms with Crippen LogP contribution in [0.25, 0.3) is 0 Å². The number of likely N-dealkylation sites (N-methyl/N-ethyl adjacent to an activating group) is 1. The number of rotatable bonds is 2. The predicted octanol–water partition coefficient (Wildman–Crippen LogP) is -1.70. The summed E-state index contributed by atoms with van der Waals surface area (Å²) in [6.07, 6.45) is -2.16. The van der Waals surface area contributed by atoms with Gasteiger partial charge in [-0.05, 0) is 7.05 Å². The van der Waals surface area contributed by atoms with Crippen LogP contribution >= 0.6 is 0 Å². The van der Waals surface area contributed by atoms with Gasteiger partial charge in [0, 0.05) is 7.11 Å². The Hall–Kier alpha value is -0.200. The number of hydrogen-bond donors (Lipinski definition) is 3. The van der Waals surface area contributed by atoms with Gasteiger partial charge in [-0.15, -0.1) is 0 Å². The van der Waals surface area contributed by atoms with Crippen LogP contribution in [-0.2, 0) is 9.47 Å². The molecule has 0 radical (unpaired) electrons. The molecule has 0 aromatic heterocycles. The SMILES string of the molecule is CN[C@H]1[C@@H](O)COC(OC)[C@@H]1O. The highest BCUT2D eigenvalue weighted by atomic mass is 16.7. The van der Waals surface area contributed by atoms with Gasteiger partial charge in [0.2, 0.25) is 0 Å². The van der Waals surface area contributed by atoms with E-state index in [9.17, 15) is 10.2 Å². The Labute approximate surface area is 71.3 Å². The molecule has 1 aliphatic rings. The fraction of sp³-hybridized carbons (Fsp3) is 1.00. The average Bonchev–Trinajstić information content (AvgIpc) is 2.06. The summed E-state index contributed by atoms with van der Waals surface area (Å²) >= 11 is 0. The van der Waals surface area contributed by atoms with Gasteiger partial charge in [0.15, 0.2) is 6.29 Å². The standard InChI is InChI=1S/C7H15NO4/c1-8-5-4(9)3-12-7(11-2)6(5)10/h4-10H,3H2,1-2H3/t4-,5-,6+,7?/m0/s1. The summed E-state index contributed by atoms with van der Waals surface area (Å²) in [6.45, 7) is 0.182. The number of ether oxygens (including phenoxy) is 2. The van der Waals surface area contributed by atoms with Crippen LogP contribution in [0, 0.1) is 0 Å². The molecule has 1 unspecified atom stereocenters. The van der Waals surface area contributed by atoms with Crippen molar-refractivity contribution in [3.63, 3.8) is 0 Å². The Bertz CT molecular complexity index is 143. The second kappa shape index (κ2) is 4.15. The Kier molecular flexibility index (Phi) is 3.42. The van der Waals surface area contributed by atoms with E-state index in [4.69, 9.17) is 9.47 Å². The lowest BCUT2D eigenvalue weighted by atomic mass is 10.0. The number of methoxy groups -OCH3 is 1. The average molecular weight is 177 g/mol. The maximum Gasteiger partial charge on any atom is 0.184 e. The molecule has 0 saturated carbocycles. The Morgan fingerprint density at radius 1 is 1.50 bits per heavy atom. The zero-order valence-electron chi connectivity index (χ0n) is 7.23. The van der Waals surface area contributed by atoms with Crippen molar-refractivity contribution in [1.82, 2.24) is 5.32 Å². The Morgan fingerprint density at radius 2 is 2.17 bits per heavy atom. The molecular weight excluding hydrogens is 162 g/mol. The molecule has 5 heteroatoms. The largest absolute Gasteiger partial charge is 0.389 e. The van der Waals surface area contributed by atoms with Crippen LogP contribution in [0.4, 0.5) is 0 Å². The van der Waals surface area contributed by atoms with Crippen molar-refractivity contribution in [3.8, 4) is 0 Å². The van der Waals surface area contributed by atoms with Crippen molar-refractivity contribution in [2.75, 3.05) is 20.8 Å². The van der Waals surface area contributed by atoms with Crippen LogP contribution in [-0.4, -0.2) is 55.5 Å². The normalized spacial score (nSPS) is 43.0. The molecule has 1 heterocycles. The summed E-state index contributed by atoms with van der Waals surface area (Å²) in [7, 11) is 3.13. The van der Waals surface area contributed by atoms with Crippen LogP contribution in [0.5, 0.6) is 0 Å². The van der Waals surface area contributed by atoms with E-state index in [-0.39, 0.29) is 12.6 Å². The van der Waals surface area contributed by atoms with E-state index in [1.807, 2.05) is 0 Å². The minimum atomic E-state index is -0.830. The van der Waals surface area contributed by atoms with Gasteiger partial charge in [-0.1, -0.05) is 0 Å². The van der Waals surface area contributed by atoms with Crippen LogP contribution in [0.3, 0.4) is 0 Å². The fourth-order valence-corrected chi connectivity index (χ4v) is 1.36. The summed E-state index contributed by atoms with van der Waals surface area (Å²) in [5, 5.41) is 21.7. The summed E-state index contributed by atoms with van der Waals surface area (Å²) in [5.74, 6) is 0. The molecule has 0 amide bonds. The van der Waals surface area contributed by atoms with Crippen molar-refractivity contribution in [3.05, 3.63) is 0 Å². The zero-order valence-corrected chi connectivity index (χ0v) is 7.23. The topological polar surface area (TPSA) is 71.0 Å². The second-order valence-corrected chi connectivity index (χ2v) is 2.81. The number of hydrogen-bond acceptors (Lipinski definition) is 5. The lowest BCUT2D eigenvalue weighted by Gasteiger charge is -2.36. The van der Waals surface area contributed by atoms with Gasteiger partial charge in [-0.2, -0.15) is 0 Å². The van der Waals surface area contributed by atoms with E-state index in [1.54, 1.807) is 7.05 Å². The fourth-order valence-electron chi connectivity index (χ4n) is 1.36. The van der Waals surface area contributed by atoms with Crippen molar-refractivity contribution in [1.29, 1.82) is 0 Å². The van der Waals surface area contributed by atoms with E-state index in [2.05, 4.69) is 5.32 Å². The molecule has 0 aromatic rings. The summed E-state index contributed by atoms with van der Waals surface area (Å²) in [6, 6.07) is -0.385. The minimum absolute atomic E-state index is 0.182. The van der Waals surface area contributed by atoms with Gasteiger partial charge >= 0.3 is 0 Å². The minimum Gasteiger partial charge on any atom is -0.389 e. The molecule has 0 aliphatic carbocycles. The lowest BCUT2D eigenvalue weighted by molar-refractivity contribution is -0.235. The van der Waals surface area contributed by atoms with Crippen molar-refractivity contribution in [2.45, 2.75) is 24.5 Å². The summed E-state index contributed by atoms with van der Waals surface area (Å²) in [5.41, 5.74) is 0. The van der Waals surface area contributed by atoms with Crippen LogP contribution in [0.15, 0.2) is 0 Å². The first-order valence-corrected chi connectivity index (χ1v) is 3.88. The molecule has 5 nitrogen and oxygen atoms in total. The first kappa shape index (κ1) is 9.88. The maximum absolute atomic E-state index is 9.53.